The summed E-state index contributed by atoms with van der Waals surface area (Å²) in [6.07, 6.45) is 4.12. The first-order valence-electron chi connectivity index (χ1n) is 3.68. The molecular formula is C8H18N2. The summed E-state index contributed by atoms with van der Waals surface area (Å²) in [6.45, 7) is 5.25. The summed E-state index contributed by atoms with van der Waals surface area (Å²) in [5, 5.41) is 3.19. The highest BCUT2D eigenvalue weighted by molar-refractivity contribution is 4.82. The van der Waals surface area contributed by atoms with E-state index in [4.69, 9.17) is 0 Å². The smallest absolute Gasteiger partial charge is 0.0199 e. The van der Waals surface area contributed by atoms with Crippen molar-refractivity contribution in [2.45, 2.75) is 19.9 Å². The van der Waals surface area contributed by atoms with Crippen LogP contribution in [-0.4, -0.2) is 31.6 Å². The number of rotatable bonds is 4. The maximum Gasteiger partial charge on any atom is 0.0199 e. The van der Waals surface area contributed by atoms with Gasteiger partial charge in [0.25, 0.3) is 0 Å². The second kappa shape index (κ2) is 5.30. The van der Waals surface area contributed by atoms with E-state index in [0.29, 0.717) is 6.04 Å². The number of likely N-dealkylation sites (N-methyl/N-ethyl adjacent to an activating group) is 1. The summed E-state index contributed by atoms with van der Waals surface area (Å²) in [5.74, 6) is 0. The molecule has 0 spiro atoms. The van der Waals surface area contributed by atoms with Gasteiger partial charge in [0.15, 0.2) is 0 Å². The third kappa shape index (κ3) is 7.50. The lowest BCUT2D eigenvalue weighted by Crippen LogP contribution is -2.17. The van der Waals surface area contributed by atoms with Crippen molar-refractivity contribution in [1.82, 2.24) is 10.2 Å². The Hall–Kier alpha value is -0.500. The van der Waals surface area contributed by atoms with Gasteiger partial charge in [0.1, 0.15) is 0 Å². The monoisotopic (exact) mass is 142 g/mol. The summed E-state index contributed by atoms with van der Waals surface area (Å²) in [4.78, 5) is 2.12. The van der Waals surface area contributed by atoms with Gasteiger partial charge in [-0.15, -0.1) is 0 Å². The lowest BCUT2D eigenvalue weighted by Gasteiger charge is -2.05. The molecule has 60 valence electrons. The Labute approximate surface area is 63.9 Å². The third-order valence-corrected chi connectivity index (χ3v) is 1.02. The highest BCUT2D eigenvalue weighted by Crippen LogP contribution is 1.78. The Balaban J connectivity index is 3.20. The number of hydrogen-bond donors (Lipinski definition) is 1. The van der Waals surface area contributed by atoms with Gasteiger partial charge >= 0.3 is 0 Å². The maximum absolute atomic E-state index is 3.19. The van der Waals surface area contributed by atoms with E-state index in [9.17, 15) is 0 Å². The highest BCUT2D eigenvalue weighted by Gasteiger charge is 1.84. The van der Waals surface area contributed by atoms with Crippen LogP contribution in [0.5, 0.6) is 0 Å². The Bertz CT molecular complexity index is 83.4. The zero-order valence-electron chi connectivity index (χ0n) is 7.39. The van der Waals surface area contributed by atoms with Gasteiger partial charge in [0.05, 0.1) is 0 Å². The predicted molar refractivity (Wildman–Crippen MR) is 46.0 cm³/mol. The maximum atomic E-state index is 3.19. The first-order chi connectivity index (χ1) is 4.63. The Morgan fingerprint density at radius 1 is 1.40 bits per heavy atom. The lowest BCUT2D eigenvalue weighted by atomic mass is 10.4. The molecule has 0 atom stereocenters. The van der Waals surface area contributed by atoms with Gasteiger partial charge in [-0.1, -0.05) is 6.08 Å². The molecule has 0 aliphatic carbocycles. The number of nitrogens with zero attached hydrogens (tertiary/aromatic N) is 1. The van der Waals surface area contributed by atoms with Crippen LogP contribution in [0.4, 0.5) is 0 Å². The van der Waals surface area contributed by atoms with E-state index in [-0.39, 0.29) is 0 Å². The minimum Gasteiger partial charge on any atom is -0.389 e. The Kier molecular flexibility index (Phi) is 5.03. The van der Waals surface area contributed by atoms with E-state index >= 15 is 0 Å². The third-order valence-electron chi connectivity index (χ3n) is 1.02. The van der Waals surface area contributed by atoms with Gasteiger partial charge in [0.2, 0.25) is 0 Å². The van der Waals surface area contributed by atoms with Crippen molar-refractivity contribution in [3.8, 4) is 0 Å². The predicted octanol–water partition coefficient (Wildman–Crippen LogP) is 1.06. The molecule has 0 aromatic heterocycles. The fourth-order valence-electron chi connectivity index (χ4n) is 0.524. The molecular weight excluding hydrogens is 124 g/mol. The van der Waals surface area contributed by atoms with Crippen molar-refractivity contribution < 1.29 is 0 Å². The quantitative estimate of drug-likeness (QED) is 0.631. The molecule has 2 nitrogen and oxygen atoms in total. The van der Waals surface area contributed by atoms with Crippen molar-refractivity contribution in [3.05, 3.63) is 12.3 Å². The summed E-state index contributed by atoms with van der Waals surface area (Å²) in [6, 6.07) is 0.540. The molecule has 2 heteroatoms. The van der Waals surface area contributed by atoms with Crippen LogP contribution in [0.3, 0.4) is 0 Å². The largest absolute Gasteiger partial charge is 0.389 e. The minimum atomic E-state index is 0.540. The van der Waals surface area contributed by atoms with E-state index in [2.05, 4.69) is 44.2 Å². The molecule has 0 aromatic carbocycles. The van der Waals surface area contributed by atoms with E-state index < -0.39 is 0 Å². The Morgan fingerprint density at radius 3 is 2.40 bits per heavy atom. The van der Waals surface area contributed by atoms with Gasteiger partial charge in [-0.05, 0) is 34.1 Å². The first kappa shape index (κ1) is 9.50. The van der Waals surface area contributed by atoms with Crippen LogP contribution in [0, 0.1) is 0 Å². The van der Waals surface area contributed by atoms with Crippen LogP contribution >= 0.6 is 0 Å². The van der Waals surface area contributed by atoms with Gasteiger partial charge in [-0.25, -0.2) is 0 Å². The molecule has 0 aromatic rings. The van der Waals surface area contributed by atoms with Crippen LogP contribution in [0.15, 0.2) is 12.3 Å². The van der Waals surface area contributed by atoms with Gasteiger partial charge in [-0.3, -0.25) is 0 Å². The summed E-state index contributed by atoms with van der Waals surface area (Å²) in [7, 11) is 4.11. The SMILES string of the molecule is CC(C)NC=CCN(C)C. The van der Waals surface area contributed by atoms with E-state index in [0.717, 1.165) is 6.54 Å². The normalized spacial score (nSPS) is 11.8. The average Bonchev–Trinajstić information content (AvgIpc) is 1.79. The topological polar surface area (TPSA) is 15.3 Å². The highest BCUT2D eigenvalue weighted by atomic mass is 15.0. The molecule has 10 heavy (non-hydrogen) atoms. The fraction of sp³-hybridized carbons (Fsp3) is 0.750. The second-order valence-electron chi connectivity index (χ2n) is 2.99. The van der Waals surface area contributed by atoms with E-state index in [1.807, 2.05) is 6.20 Å². The molecule has 0 rings (SSSR count). The number of hydrogen-bond acceptors (Lipinski definition) is 2. The van der Waals surface area contributed by atoms with Crippen molar-refractivity contribution in [1.29, 1.82) is 0 Å². The van der Waals surface area contributed by atoms with Crippen LogP contribution in [-0.2, 0) is 0 Å². The van der Waals surface area contributed by atoms with Crippen LogP contribution in [0.25, 0.3) is 0 Å². The van der Waals surface area contributed by atoms with Crippen molar-refractivity contribution in [3.63, 3.8) is 0 Å². The van der Waals surface area contributed by atoms with Gasteiger partial charge in [0, 0.05) is 12.6 Å². The first-order valence-corrected chi connectivity index (χ1v) is 3.68. The molecule has 0 aliphatic rings. The van der Waals surface area contributed by atoms with Gasteiger partial charge < -0.3 is 10.2 Å². The van der Waals surface area contributed by atoms with Gasteiger partial charge in [-0.2, -0.15) is 0 Å². The molecule has 1 N–H and O–H groups in total. The fourth-order valence-corrected chi connectivity index (χ4v) is 0.524. The van der Waals surface area contributed by atoms with Crippen molar-refractivity contribution >= 4 is 0 Å². The summed E-state index contributed by atoms with van der Waals surface area (Å²) in [5.41, 5.74) is 0. The Morgan fingerprint density at radius 2 is 2.00 bits per heavy atom. The molecule has 0 amide bonds. The standard InChI is InChI=1S/C8H18N2/c1-8(2)9-6-5-7-10(3)4/h5-6,8-9H,7H2,1-4H3. The van der Waals surface area contributed by atoms with E-state index in [1.54, 1.807) is 0 Å². The zero-order valence-corrected chi connectivity index (χ0v) is 7.39. The second-order valence-corrected chi connectivity index (χ2v) is 2.99. The average molecular weight is 142 g/mol. The molecule has 0 saturated carbocycles. The molecule has 0 heterocycles. The molecule has 0 fully saturated rings. The van der Waals surface area contributed by atoms with Crippen LogP contribution < -0.4 is 5.32 Å². The molecule has 0 radical (unpaired) electrons. The molecule has 0 bridgehead atoms. The minimum absolute atomic E-state index is 0.540. The molecule has 0 unspecified atom stereocenters. The molecule has 0 saturated heterocycles. The molecule has 0 aliphatic heterocycles. The summed E-state index contributed by atoms with van der Waals surface area (Å²) >= 11 is 0. The van der Waals surface area contributed by atoms with Crippen LogP contribution in [0.1, 0.15) is 13.8 Å². The van der Waals surface area contributed by atoms with Crippen molar-refractivity contribution in [2.75, 3.05) is 20.6 Å². The van der Waals surface area contributed by atoms with Crippen LogP contribution in [0.2, 0.25) is 0 Å². The van der Waals surface area contributed by atoms with E-state index in [1.165, 1.54) is 0 Å². The van der Waals surface area contributed by atoms with Crippen molar-refractivity contribution in [2.24, 2.45) is 0 Å². The zero-order chi connectivity index (χ0) is 7.98. The lowest BCUT2D eigenvalue weighted by molar-refractivity contribution is 0.455. The summed E-state index contributed by atoms with van der Waals surface area (Å²) < 4.78 is 0. The number of nitrogens with one attached hydrogen (secondary N) is 1.